The third-order valence-electron chi connectivity index (χ3n) is 4.96. The molecule has 0 aliphatic carbocycles. The average molecular weight is 372 g/mol. The lowest BCUT2D eigenvalue weighted by Gasteiger charge is -2.32. The maximum Gasteiger partial charge on any atom is 0.264 e. The van der Waals surface area contributed by atoms with Crippen LogP contribution in [0.4, 0.5) is 8.78 Å². The van der Waals surface area contributed by atoms with Gasteiger partial charge in [-0.15, -0.1) is 0 Å². The Balaban J connectivity index is 1.64. The van der Waals surface area contributed by atoms with Crippen molar-refractivity contribution in [2.75, 3.05) is 13.1 Å². The molecule has 1 fully saturated rings. The van der Waals surface area contributed by atoms with Crippen molar-refractivity contribution >= 4 is 17.0 Å². The van der Waals surface area contributed by atoms with Gasteiger partial charge in [0.1, 0.15) is 0 Å². The maximum absolute atomic E-state index is 13.6. The molecule has 0 unspecified atom stereocenters. The summed E-state index contributed by atoms with van der Waals surface area (Å²) >= 11 is 0. The topological polar surface area (TPSA) is 72.1 Å². The second-order valence-electron chi connectivity index (χ2n) is 6.71. The van der Waals surface area contributed by atoms with Gasteiger partial charge in [-0.1, -0.05) is 5.16 Å². The number of alkyl halides is 2. The van der Waals surface area contributed by atoms with Gasteiger partial charge in [0, 0.05) is 48.2 Å². The summed E-state index contributed by atoms with van der Waals surface area (Å²) in [6, 6.07) is 4.77. The smallest absolute Gasteiger partial charge is 0.264 e. The van der Waals surface area contributed by atoms with Crippen molar-refractivity contribution in [1.29, 1.82) is 0 Å². The van der Waals surface area contributed by atoms with Crippen LogP contribution in [0.1, 0.15) is 52.5 Å². The molecule has 0 N–H and O–H groups in total. The number of pyridine rings is 2. The lowest BCUT2D eigenvalue weighted by atomic mass is 9.92. The third kappa shape index (κ3) is 3.27. The Hall–Kier alpha value is -2.90. The molecule has 0 spiro atoms. The van der Waals surface area contributed by atoms with Crippen molar-refractivity contribution < 1.29 is 18.1 Å². The molecule has 1 aliphatic rings. The summed E-state index contributed by atoms with van der Waals surface area (Å²) in [6.07, 6.45) is 2.05. The zero-order chi connectivity index (χ0) is 19.0. The Labute approximate surface area is 154 Å². The molecule has 6 nitrogen and oxygen atoms in total. The molecule has 1 amide bonds. The second-order valence-corrected chi connectivity index (χ2v) is 6.71. The first kappa shape index (κ1) is 17.5. The number of hydrogen-bond acceptors (Lipinski definition) is 5. The fourth-order valence-corrected chi connectivity index (χ4v) is 3.61. The molecular formula is C19H18F2N4O2. The standard InChI is InChI=1S/C19H18F2N4O2/c1-11-16-14(17(20)21)9-15(23-18(16)27-24-11)13-3-2-8-25(10-13)19(26)12-4-6-22-7-5-12/h4-7,9,13,17H,2-3,8,10H2,1H3/t13-/m0/s1. The Kier molecular flexibility index (Phi) is 4.55. The number of aromatic nitrogens is 3. The predicted molar refractivity (Wildman–Crippen MR) is 93.6 cm³/mol. The van der Waals surface area contributed by atoms with Crippen LogP contribution >= 0.6 is 0 Å². The quantitative estimate of drug-likeness (QED) is 0.698. The summed E-state index contributed by atoms with van der Waals surface area (Å²) in [5.74, 6) is -0.218. The number of amides is 1. The Morgan fingerprint density at radius 2 is 2.11 bits per heavy atom. The van der Waals surface area contributed by atoms with Crippen molar-refractivity contribution in [3.63, 3.8) is 0 Å². The fraction of sp³-hybridized carbons (Fsp3) is 0.368. The minimum absolute atomic E-state index is 0.0900. The number of aryl methyl sites for hydroxylation is 1. The van der Waals surface area contributed by atoms with E-state index in [9.17, 15) is 13.6 Å². The molecule has 4 heterocycles. The van der Waals surface area contributed by atoms with E-state index in [4.69, 9.17) is 4.52 Å². The van der Waals surface area contributed by atoms with E-state index < -0.39 is 6.43 Å². The normalized spacial score (nSPS) is 17.6. The molecule has 1 aliphatic heterocycles. The summed E-state index contributed by atoms with van der Waals surface area (Å²) in [6.45, 7) is 2.67. The third-order valence-corrected chi connectivity index (χ3v) is 4.96. The molecule has 0 radical (unpaired) electrons. The highest BCUT2D eigenvalue weighted by Crippen LogP contribution is 2.34. The highest BCUT2D eigenvalue weighted by atomic mass is 19.3. The molecular weight excluding hydrogens is 354 g/mol. The van der Waals surface area contributed by atoms with Gasteiger partial charge in [0.05, 0.1) is 11.1 Å². The van der Waals surface area contributed by atoms with Crippen molar-refractivity contribution in [1.82, 2.24) is 20.0 Å². The van der Waals surface area contributed by atoms with E-state index in [1.54, 1.807) is 36.4 Å². The van der Waals surface area contributed by atoms with Crippen molar-refractivity contribution in [2.45, 2.75) is 32.1 Å². The summed E-state index contributed by atoms with van der Waals surface area (Å²) in [7, 11) is 0. The number of carbonyl (C=O) groups is 1. The van der Waals surface area contributed by atoms with Crippen LogP contribution in [-0.2, 0) is 0 Å². The number of likely N-dealkylation sites (tertiary alicyclic amines) is 1. The van der Waals surface area contributed by atoms with Gasteiger partial charge >= 0.3 is 0 Å². The van der Waals surface area contributed by atoms with Gasteiger partial charge in [0.25, 0.3) is 18.0 Å². The molecule has 27 heavy (non-hydrogen) atoms. The molecule has 0 aromatic carbocycles. The van der Waals surface area contributed by atoms with Crippen LogP contribution in [0.15, 0.2) is 35.1 Å². The van der Waals surface area contributed by atoms with E-state index in [0.717, 1.165) is 12.8 Å². The first-order valence-electron chi connectivity index (χ1n) is 8.79. The highest BCUT2D eigenvalue weighted by molar-refractivity contribution is 5.94. The monoisotopic (exact) mass is 372 g/mol. The van der Waals surface area contributed by atoms with Crippen LogP contribution in [0.25, 0.3) is 11.1 Å². The van der Waals surface area contributed by atoms with Gasteiger partial charge in [-0.2, -0.15) is 0 Å². The van der Waals surface area contributed by atoms with Gasteiger partial charge < -0.3 is 9.42 Å². The van der Waals surface area contributed by atoms with Gasteiger partial charge in [-0.25, -0.2) is 13.8 Å². The van der Waals surface area contributed by atoms with Crippen LogP contribution in [-0.4, -0.2) is 39.0 Å². The van der Waals surface area contributed by atoms with Crippen LogP contribution in [0.2, 0.25) is 0 Å². The number of piperidine rings is 1. The number of carbonyl (C=O) groups excluding carboxylic acids is 1. The largest absolute Gasteiger partial charge is 0.338 e. The molecule has 1 atom stereocenters. The first-order chi connectivity index (χ1) is 13.0. The molecule has 0 bridgehead atoms. The van der Waals surface area contributed by atoms with Crippen molar-refractivity contribution in [3.05, 3.63) is 53.1 Å². The van der Waals surface area contributed by atoms with E-state index in [-0.39, 0.29) is 28.5 Å². The SMILES string of the molecule is Cc1noc2nc([C@H]3CCCN(C(=O)c4ccncc4)C3)cc(C(F)F)c12. The number of rotatable bonds is 3. The van der Waals surface area contributed by atoms with Crippen LogP contribution in [0.5, 0.6) is 0 Å². The number of nitrogens with zero attached hydrogens (tertiary/aromatic N) is 4. The molecule has 4 rings (SSSR count). The van der Waals surface area contributed by atoms with Gasteiger partial charge in [-0.3, -0.25) is 9.78 Å². The molecule has 8 heteroatoms. The van der Waals surface area contributed by atoms with Crippen molar-refractivity contribution in [2.24, 2.45) is 0 Å². The van der Waals surface area contributed by atoms with Crippen LogP contribution in [0, 0.1) is 6.92 Å². The summed E-state index contributed by atoms with van der Waals surface area (Å²) in [5.41, 5.74) is 1.48. The fourth-order valence-electron chi connectivity index (χ4n) is 3.61. The molecule has 140 valence electrons. The van der Waals surface area contributed by atoms with E-state index in [2.05, 4.69) is 15.1 Å². The molecule has 3 aromatic heterocycles. The molecule has 1 saturated heterocycles. The molecule has 3 aromatic rings. The number of halogens is 2. The Morgan fingerprint density at radius 1 is 1.33 bits per heavy atom. The number of hydrogen-bond donors (Lipinski definition) is 0. The van der Waals surface area contributed by atoms with Gasteiger partial charge in [0.15, 0.2) is 0 Å². The minimum Gasteiger partial charge on any atom is -0.338 e. The van der Waals surface area contributed by atoms with E-state index in [0.29, 0.717) is 30.0 Å². The first-order valence-corrected chi connectivity index (χ1v) is 8.79. The summed E-state index contributed by atoms with van der Waals surface area (Å²) < 4.78 is 32.3. The van der Waals surface area contributed by atoms with E-state index in [1.807, 2.05) is 0 Å². The maximum atomic E-state index is 13.6. The lowest BCUT2D eigenvalue weighted by Crippen LogP contribution is -2.39. The van der Waals surface area contributed by atoms with Crippen molar-refractivity contribution in [3.8, 4) is 0 Å². The zero-order valence-electron chi connectivity index (χ0n) is 14.7. The minimum atomic E-state index is -2.65. The van der Waals surface area contributed by atoms with Gasteiger partial charge in [-0.05, 0) is 38.0 Å². The van der Waals surface area contributed by atoms with E-state index >= 15 is 0 Å². The van der Waals surface area contributed by atoms with Crippen LogP contribution in [0.3, 0.4) is 0 Å². The highest BCUT2D eigenvalue weighted by Gasteiger charge is 2.29. The van der Waals surface area contributed by atoms with Crippen LogP contribution < -0.4 is 0 Å². The number of fused-ring (bicyclic) bond motifs is 1. The predicted octanol–water partition coefficient (Wildman–Crippen LogP) is 3.88. The van der Waals surface area contributed by atoms with E-state index in [1.165, 1.54) is 6.07 Å². The lowest BCUT2D eigenvalue weighted by molar-refractivity contribution is 0.0705. The summed E-state index contributed by atoms with van der Waals surface area (Å²) in [5, 5.41) is 4.04. The summed E-state index contributed by atoms with van der Waals surface area (Å²) in [4.78, 5) is 22.8. The average Bonchev–Trinajstić information content (AvgIpc) is 3.08. The Bertz CT molecular complexity index is 975. The Morgan fingerprint density at radius 3 is 2.85 bits per heavy atom. The second kappa shape index (κ2) is 7.02. The zero-order valence-corrected chi connectivity index (χ0v) is 14.7. The van der Waals surface area contributed by atoms with Gasteiger partial charge in [0.2, 0.25) is 0 Å². The molecule has 0 saturated carbocycles.